The van der Waals surface area contributed by atoms with Crippen LogP contribution in [0.4, 0.5) is 0 Å². The van der Waals surface area contributed by atoms with Crippen molar-refractivity contribution in [3.05, 3.63) is 57.6 Å². The summed E-state index contributed by atoms with van der Waals surface area (Å²) >= 11 is 0. The predicted molar refractivity (Wildman–Crippen MR) is 213 cm³/mol. The Morgan fingerprint density at radius 2 is 1.06 bits per heavy atom. The normalized spacial score (nSPS) is 18.2. The molecule has 2 N–H and O–H groups in total. The quantitative estimate of drug-likeness (QED) is 0.164. The van der Waals surface area contributed by atoms with E-state index in [0.717, 1.165) is 86.5 Å². The van der Waals surface area contributed by atoms with E-state index in [2.05, 4.69) is 119 Å². The van der Waals surface area contributed by atoms with Gasteiger partial charge >= 0.3 is 0 Å². The van der Waals surface area contributed by atoms with Crippen molar-refractivity contribution in [3.8, 4) is 11.5 Å². The van der Waals surface area contributed by atoms with E-state index < -0.39 is 0 Å². The monoisotopic (exact) mass is 675 g/mol. The van der Waals surface area contributed by atoms with Gasteiger partial charge in [0, 0.05) is 41.1 Å². The Labute approximate surface area is 302 Å². The molecule has 0 aromatic heterocycles. The standard InChI is InChI=1S/C45H74N2O2/c1-14-42(9,15-2)34-26-32(40(48)36(28-34)44(11,18-5)19-6)30-46-38-24-22-23-25-39(38)47(13)31-33-27-35(43(10,16-3)17-4)29-37(41(33)49)45(12,20-7)21-8/h26-30,38-39,48-49H,14-25,31H2,1-13H3/t38-,39?/m1/s1. The maximum absolute atomic E-state index is 11.9. The van der Waals surface area contributed by atoms with Crippen molar-refractivity contribution in [2.75, 3.05) is 7.05 Å². The van der Waals surface area contributed by atoms with Gasteiger partial charge in [-0.25, -0.2) is 0 Å². The molecule has 3 rings (SSSR count). The van der Waals surface area contributed by atoms with E-state index in [-0.39, 0.29) is 33.7 Å². The van der Waals surface area contributed by atoms with Gasteiger partial charge in [-0.1, -0.05) is 114 Å². The summed E-state index contributed by atoms with van der Waals surface area (Å²) in [6.07, 6.45) is 14.6. The van der Waals surface area contributed by atoms with Gasteiger partial charge in [0.1, 0.15) is 11.5 Å². The first kappa shape index (κ1) is 41.1. The third kappa shape index (κ3) is 8.43. The molecule has 0 radical (unpaired) electrons. The van der Waals surface area contributed by atoms with Gasteiger partial charge in [0.25, 0.3) is 0 Å². The minimum absolute atomic E-state index is 0.0493. The number of likely N-dealkylation sites (N-methyl/N-ethyl adjacent to an activating group) is 1. The summed E-state index contributed by atoms with van der Waals surface area (Å²) in [5.74, 6) is 0.874. The molecule has 0 saturated heterocycles. The van der Waals surface area contributed by atoms with Crippen molar-refractivity contribution in [3.63, 3.8) is 0 Å². The molecule has 2 aromatic carbocycles. The van der Waals surface area contributed by atoms with Crippen LogP contribution in [0, 0.1) is 0 Å². The fraction of sp³-hybridized carbons (Fsp3) is 0.711. The molecule has 2 atom stereocenters. The zero-order valence-electron chi connectivity index (χ0n) is 34.0. The lowest BCUT2D eigenvalue weighted by Crippen LogP contribution is -2.42. The van der Waals surface area contributed by atoms with Crippen molar-refractivity contribution >= 4 is 6.21 Å². The number of phenolic OH excluding ortho intramolecular Hbond substituents is 2. The van der Waals surface area contributed by atoms with Gasteiger partial charge in [-0.15, -0.1) is 0 Å². The van der Waals surface area contributed by atoms with Crippen LogP contribution < -0.4 is 0 Å². The van der Waals surface area contributed by atoms with Gasteiger partial charge < -0.3 is 10.2 Å². The molecule has 0 bridgehead atoms. The Morgan fingerprint density at radius 3 is 1.53 bits per heavy atom. The highest BCUT2D eigenvalue weighted by Gasteiger charge is 2.34. The third-order valence-corrected chi connectivity index (χ3v) is 14.4. The molecule has 4 heteroatoms. The molecule has 1 saturated carbocycles. The molecule has 0 spiro atoms. The smallest absolute Gasteiger partial charge is 0.128 e. The Bertz CT molecular complexity index is 1390. The Kier molecular flexibility index (Phi) is 14.1. The summed E-state index contributed by atoms with van der Waals surface area (Å²) in [5.41, 5.74) is 6.67. The average Bonchev–Trinajstić information content (AvgIpc) is 3.13. The van der Waals surface area contributed by atoms with E-state index in [1.54, 1.807) is 0 Å². The zero-order valence-corrected chi connectivity index (χ0v) is 34.0. The minimum Gasteiger partial charge on any atom is -0.507 e. The molecule has 276 valence electrons. The first-order valence-corrected chi connectivity index (χ1v) is 20.1. The van der Waals surface area contributed by atoms with E-state index in [4.69, 9.17) is 4.99 Å². The Balaban J connectivity index is 2.07. The molecule has 2 aromatic rings. The van der Waals surface area contributed by atoms with Crippen molar-refractivity contribution in [2.24, 2.45) is 4.99 Å². The third-order valence-electron chi connectivity index (χ3n) is 14.4. The van der Waals surface area contributed by atoms with Gasteiger partial charge in [-0.05, 0) is 110 Å². The molecule has 49 heavy (non-hydrogen) atoms. The maximum atomic E-state index is 11.9. The van der Waals surface area contributed by atoms with Crippen LogP contribution in [-0.4, -0.2) is 40.5 Å². The van der Waals surface area contributed by atoms with E-state index in [1.807, 2.05) is 6.21 Å². The molecule has 4 nitrogen and oxygen atoms in total. The number of phenols is 2. The van der Waals surface area contributed by atoms with E-state index >= 15 is 0 Å². The van der Waals surface area contributed by atoms with Gasteiger partial charge in [0.15, 0.2) is 0 Å². The Hall–Kier alpha value is -2.33. The van der Waals surface area contributed by atoms with Crippen LogP contribution in [0.25, 0.3) is 0 Å². The molecule has 0 heterocycles. The minimum atomic E-state index is -0.0919. The highest BCUT2D eigenvalue weighted by Crippen LogP contribution is 2.45. The molecular formula is C45H74N2O2. The summed E-state index contributed by atoms with van der Waals surface area (Å²) in [6, 6.07) is 9.54. The average molecular weight is 675 g/mol. The Morgan fingerprint density at radius 1 is 0.633 bits per heavy atom. The fourth-order valence-corrected chi connectivity index (χ4v) is 8.11. The lowest BCUT2D eigenvalue weighted by molar-refractivity contribution is 0.162. The molecule has 1 unspecified atom stereocenters. The highest BCUT2D eigenvalue weighted by atomic mass is 16.3. The molecule has 0 aliphatic heterocycles. The van der Waals surface area contributed by atoms with E-state index in [1.165, 1.54) is 24.0 Å². The molecule has 1 aliphatic carbocycles. The second kappa shape index (κ2) is 16.8. The first-order chi connectivity index (χ1) is 23.1. The van der Waals surface area contributed by atoms with Crippen molar-refractivity contribution < 1.29 is 10.2 Å². The van der Waals surface area contributed by atoms with Crippen LogP contribution in [0.2, 0.25) is 0 Å². The summed E-state index contributed by atoms with van der Waals surface area (Å²) in [4.78, 5) is 7.76. The number of hydrogen-bond donors (Lipinski definition) is 2. The van der Waals surface area contributed by atoms with Crippen LogP contribution in [0.5, 0.6) is 11.5 Å². The van der Waals surface area contributed by atoms with Gasteiger partial charge in [-0.3, -0.25) is 9.89 Å². The summed E-state index contributed by atoms with van der Waals surface area (Å²) in [6.45, 7) is 28.1. The van der Waals surface area contributed by atoms with Crippen LogP contribution in [0.15, 0.2) is 29.3 Å². The molecular weight excluding hydrogens is 601 g/mol. The van der Waals surface area contributed by atoms with Crippen LogP contribution in [0.3, 0.4) is 0 Å². The lowest BCUT2D eigenvalue weighted by atomic mass is 9.71. The number of nitrogens with zero attached hydrogens (tertiary/aromatic N) is 2. The number of aliphatic imine (C=N–C) groups is 1. The van der Waals surface area contributed by atoms with Crippen LogP contribution >= 0.6 is 0 Å². The number of benzene rings is 2. The molecule has 0 amide bonds. The zero-order chi connectivity index (χ0) is 36.8. The van der Waals surface area contributed by atoms with Crippen molar-refractivity contribution in [2.45, 2.75) is 200 Å². The van der Waals surface area contributed by atoms with E-state index in [0.29, 0.717) is 18.0 Å². The fourth-order valence-electron chi connectivity index (χ4n) is 8.11. The summed E-state index contributed by atoms with van der Waals surface area (Å²) in [7, 11) is 2.22. The second-order valence-electron chi connectivity index (χ2n) is 16.7. The molecule has 1 aliphatic rings. The second-order valence-corrected chi connectivity index (χ2v) is 16.7. The number of rotatable bonds is 17. The maximum Gasteiger partial charge on any atom is 0.128 e. The number of aromatic hydroxyl groups is 2. The van der Waals surface area contributed by atoms with E-state index in [9.17, 15) is 10.2 Å². The van der Waals surface area contributed by atoms with Gasteiger partial charge in [0.2, 0.25) is 0 Å². The number of hydrogen-bond acceptors (Lipinski definition) is 4. The largest absolute Gasteiger partial charge is 0.507 e. The first-order valence-electron chi connectivity index (χ1n) is 20.1. The van der Waals surface area contributed by atoms with Crippen molar-refractivity contribution in [1.82, 2.24) is 4.90 Å². The van der Waals surface area contributed by atoms with Crippen LogP contribution in [0.1, 0.15) is 194 Å². The topological polar surface area (TPSA) is 56.1 Å². The lowest BCUT2D eigenvalue weighted by Gasteiger charge is -2.38. The predicted octanol–water partition coefficient (Wildman–Crippen LogP) is 12.3. The van der Waals surface area contributed by atoms with Crippen LogP contribution in [-0.2, 0) is 28.2 Å². The SMILES string of the molecule is CCC(C)(CC)c1cc(C=N[C@@H]2CCCCC2N(C)Cc2cc(C(C)(CC)CC)cc(C(C)(CC)CC)c2O)c(O)c(C(C)(CC)CC)c1. The summed E-state index contributed by atoms with van der Waals surface area (Å²) in [5, 5.41) is 23.7. The highest BCUT2D eigenvalue weighted by molar-refractivity contribution is 5.85. The molecule has 1 fully saturated rings. The van der Waals surface area contributed by atoms with Crippen molar-refractivity contribution in [1.29, 1.82) is 0 Å². The summed E-state index contributed by atoms with van der Waals surface area (Å²) < 4.78 is 0. The van der Waals surface area contributed by atoms with Gasteiger partial charge in [0.05, 0.1) is 6.04 Å². The van der Waals surface area contributed by atoms with Gasteiger partial charge in [-0.2, -0.15) is 0 Å².